The number of benzene rings is 1. The van der Waals surface area contributed by atoms with Crippen molar-refractivity contribution in [2.75, 3.05) is 7.05 Å². The molecule has 72 valence electrons. The molecular formula is C11H17NO. The molecule has 0 aliphatic heterocycles. The van der Waals surface area contributed by atoms with Crippen LogP contribution in [0.4, 0.5) is 0 Å². The molecule has 0 aliphatic rings. The van der Waals surface area contributed by atoms with Crippen LogP contribution in [0.2, 0.25) is 0 Å². The monoisotopic (exact) mass is 179 g/mol. The van der Waals surface area contributed by atoms with Crippen molar-refractivity contribution in [3.63, 3.8) is 0 Å². The smallest absolute Gasteiger partial charge is 0.131 e. The lowest BCUT2D eigenvalue weighted by molar-refractivity contribution is 0.148. The lowest BCUT2D eigenvalue weighted by atomic mass is 9.98. The zero-order valence-electron chi connectivity index (χ0n) is 8.68. The summed E-state index contributed by atoms with van der Waals surface area (Å²) in [7, 11) is 1.75. The summed E-state index contributed by atoms with van der Waals surface area (Å²) in [4.78, 5) is 0. The third-order valence-electron chi connectivity index (χ3n) is 2.67. The van der Waals surface area contributed by atoms with Crippen molar-refractivity contribution >= 4 is 0 Å². The lowest BCUT2D eigenvalue weighted by Crippen LogP contribution is -2.16. The molecule has 2 heteroatoms. The summed E-state index contributed by atoms with van der Waals surface area (Å²) >= 11 is 0. The molecule has 1 rings (SSSR count). The van der Waals surface area contributed by atoms with Gasteiger partial charge >= 0.3 is 0 Å². The van der Waals surface area contributed by atoms with E-state index in [-0.39, 0.29) is 0 Å². The normalized spacial score (nSPS) is 13.0. The quantitative estimate of drug-likeness (QED) is 0.679. The van der Waals surface area contributed by atoms with Gasteiger partial charge in [-0.05, 0) is 50.1 Å². The highest BCUT2D eigenvalue weighted by atomic mass is 16.3. The van der Waals surface area contributed by atoms with Gasteiger partial charge in [-0.1, -0.05) is 12.1 Å². The van der Waals surface area contributed by atoms with Crippen molar-refractivity contribution in [3.05, 3.63) is 34.4 Å². The largest absolute Gasteiger partial charge is 0.374 e. The van der Waals surface area contributed by atoms with Crippen molar-refractivity contribution in [2.45, 2.75) is 27.0 Å². The predicted octanol–water partition coefficient (Wildman–Crippen LogP) is 1.82. The Bertz CT molecular complexity index is 307. The second kappa shape index (κ2) is 3.90. The Balaban J connectivity index is 3.18. The van der Waals surface area contributed by atoms with Crippen molar-refractivity contribution < 1.29 is 5.11 Å². The summed E-state index contributed by atoms with van der Waals surface area (Å²) in [6.45, 7) is 6.20. The molecule has 1 unspecified atom stereocenters. The van der Waals surface area contributed by atoms with E-state index >= 15 is 0 Å². The van der Waals surface area contributed by atoms with Gasteiger partial charge in [-0.25, -0.2) is 0 Å². The summed E-state index contributed by atoms with van der Waals surface area (Å²) in [6.07, 6.45) is -0.556. The Morgan fingerprint density at radius 2 is 1.77 bits per heavy atom. The number of rotatable bonds is 2. The summed E-state index contributed by atoms with van der Waals surface area (Å²) < 4.78 is 0. The molecule has 0 heterocycles. The Morgan fingerprint density at radius 1 is 1.15 bits per heavy atom. The molecule has 0 bridgehead atoms. The highest BCUT2D eigenvalue weighted by Gasteiger charge is 2.09. The molecule has 1 aromatic carbocycles. The molecule has 0 radical (unpaired) electrons. The molecule has 0 spiro atoms. The summed E-state index contributed by atoms with van der Waals surface area (Å²) in [5.74, 6) is 0. The van der Waals surface area contributed by atoms with Crippen LogP contribution >= 0.6 is 0 Å². The minimum absolute atomic E-state index is 0.556. The van der Waals surface area contributed by atoms with Crippen LogP contribution in [-0.4, -0.2) is 12.2 Å². The molecule has 1 aromatic rings. The Kier molecular flexibility index (Phi) is 3.07. The van der Waals surface area contributed by atoms with Crippen molar-refractivity contribution in [2.24, 2.45) is 0 Å². The van der Waals surface area contributed by atoms with E-state index in [1.165, 1.54) is 16.7 Å². The lowest BCUT2D eigenvalue weighted by Gasteiger charge is -2.15. The van der Waals surface area contributed by atoms with Crippen LogP contribution in [0.3, 0.4) is 0 Å². The van der Waals surface area contributed by atoms with Crippen LogP contribution in [0, 0.1) is 20.8 Å². The average molecular weight is 179 g/mol. The first-order valence-electron chi connectivity index (χ1n) is 4.50. The summed E-state index contributed by atoms with van der Waals surface area (Å²) in [5.41, 5.74) is 4.66. The van der Waals surface area contributed by atoms with E-state index in [0.29, 0.717) is 0 Å². The summed E-state index contributed by atoms with van der Waals surface area (Å²) in [6, 6.07) is 4.01. The van der Waals surface area contributed by atoms with Gasteiger partial charge in [0.25, 0.3) is 0 Å². The fourth-order valence-corrected chi connectivity index (χ4v) is 1.43. The van der Waals surface area contributed by atoms with Gasteiger partial charge in [0.1, 0.15) is 6.23 Å². The number of aliphatic hydroxyl groups excluding tert-OH is 1. The maximum atomic E-state index is 9.61. The Morgan fingerprint density at radius 3 is 2.31 bits per heavy atom. The topological polar surface area (TPSA) is 32.3 Å². The van der Waals surface area contributed by atoms with Gasteiger partial charge in [0, 0.05) is 0 Å². The van der Waals surface area contributed by atoms with Crippen LogP contribution in [0.25, 0.3) is 0 Å². The van der Waals surface area contributed by atoms with E-state index in [2.05, 4.69) is 19.2 Å². The van der Waals surface area contributed by atoms with E-state index in [1.54, 1.807) is 7.05 Å². The Hall–Kier alpha value is -0.860. The van der Waals surface area contributed by atoms with Crippen LogP contribution in [0.1, 0.15) is 28.5 Å². The molecule has 0 aliphatic carbocycles. The second-order valence-corrected chi connectivity index (χ2v) is 3.41. The van der Waals surface area contributed by atoms with Crippen LogP contribution in [0.5, 0.6) is 0 Å². The van der Waals surface area contributed by atoms with Crippen LogP contribution < -0.4 is 5.32 Å². The van der Waals surface area contributed by atoms with E-state index in [1.807, 2.05) is 19.1 Å². The molecule has 0 aromatic heterocycles. The molecular weight excluding hydrogens is 162 g/mol. The maximum Gasteiger partial charge on any atom is 0.131 e. The van der Waals surface area contributed by atoms with E-state index < -0.39 is 6.23 Å². The molecule has 13 heavy (non-hydrogen) atoms. The van der Waals surface area contributed by atoms with Gasteiger partial charge in [0.15, 0.2) is 0 Å². The predicted molar refractivity (Wildman–Crippen MR) is 54.7 cm³/mol. The minimum Gasteiger partial charge on any atom is -0.374 e. The molecule has 1 atom stereocenters. The highest BCUT2D eigenvalue weighted by Crippen LogP contribution is 2.21. The SMILES string of the molecule is CNC(O)c1ccc(C)c(C)c1C. The van der Waals surface area contributed by atoms with Gasteiger partial charge < -0.3 is 5.11 Å². The molecule has 2 nitrogen and oxygen atoms in total. The highest BCUT2D eigenvalue weighted by molar-refractivity contribution is 5.39. The fraction of sp³-hybridized carbons (Fsp3) is 0.455. The van der Waals surface area contributed by atoms with Gasteiger partial charge in [0.2, 0.25) is 0 Å². The maximum absolute atomic E-state index is 9.61. The van der Waals surface area contributed by atoms with Gasteiger partial charge in [-0.3, -0.25) is 5.32 Å². The van der Waals surface area contributed by atoms with Crippen LogP contribution in [0.15, 0.2) is 12.1 Å². The average Bonchev–Trinajstić information content (AvgIpc) is 2.13. The van der Waals surface area contributed by atoms with Crippen LogP contribution in [-0.2, 0) is 0 Å². The number of hydrogen-bond acceptors (Lipinski definition) is 2. The van der Waals surface area contributed by atoms with Gasteiger partial charge in [-0.15, -0.1) is 0 Å². The Labute approximate surface area is 79.6 Å². The standard InChI is InChI=1S/C11H17NO/c1-7-5-6-10(11(13)12-4)9(3)8(7)2/h5-6,11-13H,1-4H3. The number of aryl methyl sites for hydroxylation is 1. The van der Waals surface area contributed by atoms with E-state index in [0.717, 1.165) is 5.56 Å². The van der Waals surface area contributed by atoms with Gasteiger partial charge in [-0.2, -0.15) is 0 Å². The van der Waals surface area contributed by atoms with Crippen molar-refractivity contribution in [3.8, 4) is 0 Å². The fourth-order valence-electron chi connectivity index (χ4n) is 1.43. The first kappa shape index (κ1) is 10.2. The number of hydrogen-bond donors (Lipinski definition) is 2. The molecule has 0 saturated carbocycles. The third-order valence-corrected chi connectivity index (χ3v) is 2.67. The molecule has 2 N–H and O–H groups in total. The second-order valence-electron chi connectivity index (χ2n) is 3.41. The minimum atomic E-state index is -0.556. The number of nitrogens with one attached hydrogen (secondary N) is 1. The first-order chi connectivity index (χ1) is 6.07. The van der Waals surface area contributed by atoms with Gasteiger partial charge in [0.05, 0.1) is 0 Å². The number of aliphatic hydroxyl groups is 1. The summed E-state index contributed by atoms with van der Waals surface area (Å²) in [5, 5.41) is 12.4. The first-order valence-corrected chi connectivity index (χ1v) is 4.50. The zero-order chi connectivity index (χ0) is 10.0. The molecule has 0 saturated heterocycles. The molecule has 0 fully saturated rings. The zero-order valence-corrected chi connectivity index (χ0v) is 8.68. The van der Waals surface area contributed by atoms with E-state index in [9.17, 15) is 5.11 Å². The van der Waals surface area contributed by atoms with E-state index in [4.69, 9.17) is 0 Å². The van der Waals surface area contributed by atoms with Crippen molar-refractivity contribution in [1.82, 2.24) is 5.32 Å². The third kappa shape index (κ3) is 1.90. The van der Waals surface area contributed by atoms with Crippen molar-refractivity contribution in [1.29, 1.82) is 0 Å². The molecule has 0 amide bonds.